The van der Waals surface area contributed by atoms with Crippen molar-refractivity contribution >= 4 is 8.32 Å². The van der Waals surface area contributed by atoms with Gasteiger partial charge in [0.15, 0.2) is 8.32 Å². The van der Waals surface area contributed by atoms with Crippen LogP contribution in [-0.4, -0.2) is 47.5 Å². The van der Waals surface area contributed by atoms with Crippen molar-refractivity contribution in [3.8, 4) is 11.8 Å². The highest BCUT2D eigenvalue weighted by Crippen LogP contribution is 2.81. The van der Waals surface area contributed by atoms with Crippen LogP contribution < -0.4 is 0 Å². The first kappa shape index (κ1) is 24.9. The SMILES string of the molecule is CC(C)(C)[Si](C)(C)OCC#C[C@]1(O)[C@H]2C[C@H]2C2[C@@H]3[C@H]4C[C@H]4[C@]4(O)C[C@@H](O)CC[C@]4(C)[C@H]3CC[C@@]21C. The molecule has 0 saturated heterocycles. The zero-order valence-corrected chi connectivity index (χ0v) is 24.0. The van der Waals surface area contributed by atoms with Crippen molar-refractivity contribution in [2.24, 2.45) is 52.3 Å². The van der Waals surface area contributed by atoms with Gasteiger partial charge in [-0.25, -0.2) is 0 Å². The van der Waals surface area contributed by atoms with Crippen molar-refractivity contribution in [2.75, 3.05) is 6.61 Å². The van der Waals surface area contributed by atoms with E-state index in [0.717, 1.165) is 38.5 Å². The second kappa shape index (κ2) is 7.17. The summed E-state index contributed by atoms with van der Waals surface area (Å²) in [6.45, 7) is 16.4. The molecule has 6 aliphatic rings. The smallest absolute Gasteiger partial charge is 0.193 e. The maximum Gasteiger partial charge on any atom is 0.193 e. The van der Waals surface area contributed by atoms with Crippen LogP contribution >= 0.6 is 0 Å². The minimum atomic E-state index is -1.86. The Hall–Kier alpha value is -0.383. The molecule has 0 heterocycles. The van der Waals surface area contributed by atoms with Crippen molar-refractivity contribution < 1.29 is 19.7 Å². The van der Waals surface area contributed by atoms with Crippen LogP contribution in [0, 0.1) is 64.1 Å². The van der Waals surface area contributed by atoms with E-state index in [2.05, 4.69) is 59.6 Å². The Bertz CT molecular complexity index is 977. The van der Waals surface area contributed by atoms with Crippen LogP contribution in [0.2, 0.25) is 18.1 Å². The Morgan fingerprint density at radius 1 is 0.943 bits per heavy atom. The number of rotatable bonds is 2. The molecule has 6 rings (SSSR count). The predicted molar refractivity (Wildman–Crippen MR) is 140 cm³/mol. The normalized spacial score (nSPS) is 55.9. The molecule has 6 aliphatic carbocycles. The van der Waals surface area contributed by atoms with Crippen LogP contribution in [0.1, 0.15) is 79.6 Å². The maximum atomic E-state index is 12.2. The fourth-order valence-corrected chi connectivity index (χ4v) is 10.9. The molecule has 0 aromatic carbocycles. The molecule has 5 heteroatoms. The lowest BCUT2D eigenvalue weighted by Crippen LogP contribution is -2.65. The summed E-state index contributed by atoms with van der Waals surface area (Å²) in [6.07, 6.45) is 6.23. The highest BCUT2D eigenvalue weighted by Gasteiger charge is 2.81. The largest absolute Gasteiger partial charge is 0.406 e. The van der Waals surface area contributed by atoms with Crippen LogP contribution in [0.5, 0.6) is 0 Å². The molecule has 0 aromatic heterocycles. The van der Waals surface area contributed by atoms with E-state index in [1.165, 1.54) is 0 Å². The molecule has 0 aliphatic heterocycles. The lowest BCUT2D eigenvalue weighted by molar-refractivity contribution is -0.233. The van der Waals surface area contributed by atoms with Crippen LogP contribution in [0.25, 0.3) is 0 Å². The fraction of sp³-hybridized carbons (Fsp3) is 0.933. The summed E-state index contributed by atoms with van der Waals surface area (Å²) in [7, 11) is -1.86. The van der Waals surface area contributed by atoms with E-state index in [0.29, 0.717) is 54.5 Å². The van der Waals surface area contributed by atoms with E-state index in [-0.39, 0.29) is 22.0 Å². The molecule has 12 atom stereocenters. The summed E-state index contributed by atoms with van der Waals surface area (Å²) >= 11 is 0. The zero-order valence-electron chi connectivity index (χ0n) is 23.0. The third-order valence-electron chi connectivity index (χ3n) is 13.2. The van der Waals surface area contributed by atoms with Crippen LogP contribution in [0.15, 0.2) is 0 Å². The van der Waals surface area contributed by atoms with Gasteiger partial charge in [-0.3, -0.25) is 0 Å². The molecule has 0 spiro atoms. The molecule has 0 aromatic rings. The Kier molecular flexibility index (Phi) is 5.11. The molecule has 6 fully saturated rings. The third-order valence-corrected chi connectivity index (χ3v) is 17.7. The average Bonchev–Trinajstić information content (AvgIpc) is 3.65. The summed E-state index contributed by atoms with van der Waals surface area (Å²) in [4.78, 5) is 0. The lowest BCUT2D eigenvalue weighted by atomic mass is 9.42. The van der Waals surface area contributed by atoms with Gasteiger partial charge in [0.05, 0.1) is 18.3 Å². The minimum absolute atomic E-state index is 0.107. The van der Waals surface area contributed by atoms with Crippen molar-refractivity contribution in [3.05, 3.63) is 0 Å². The van der Waals surface area contributed by atoms with Crippen LogP contribution in [-0.2, 0) is 4.43 Å². The Balaban J connectivity index is 1.27. The van der Waals surface area contributed by atoms with E-state index in [1.54, 1.807) is 0 Å². The summed E-state index contributed by atoms with van der Waals surface area (Å²) in [5, 5.41) is 34.8. The lowest BCUT2D eigenvalue weighted by Gasteiger charge is -2.64. The van der Waals surface area contributed by atoms with Gasteiger partial charge in [-0.2, -0.15) is 0 Å². The molecule has 196 valence electrons. The second-order valence-corrected chi connectivity index (χ2v) is 20.3. The predicted octanol–water partition coefficient (Wildman–Crippen LogP) is 4.97. The highest BCUT2D eigenvalue weighted by atomic mass is 28.4. The molecule has 6 saturated carbocycles. The number of aliphatic hydroxyl groups is 3. The van der Waals surface area contributed by atoms with Crippen molar-refractivity contribution in [1.29, 1.82) is 0 Å². The molecule has 0 bridgehead atoms. The molecular weight excluding hydrogens is 452 g/mol. The minimum Gasteiger partial charge on any atom is -0.406 e. The standard InChI is InChI=1S/C30H48O4Si/c1-26(2,3)35(6,7)34-14-8-11-29(32)23-16-20(23)25-24-19-15-22(19)30(33)17-18(31)9-12-27(30,4)21(24)10-13-28(25,29)5/h18-25,31-33H,9-10,12-17H2,1-7H3/t18-,19-,20+,21-,22+,23-,24+,25?,27+,28-,29-,30+/m0/s1. The summed E-state index contributed by atoms with van der Waals surface area (Å²) in [5.74, 6) is 10.1. The van der Waals surface area contributed by atoms with E-state index in [4.69, 9.17) is 4.43 Å². The second-order valence-electron chi connectivity index (χ2n) is 15.5. The Morgan fingerprint density at radius 3 is 2.29 bits per heavy atom. The molecule has 0 radical (unpaired) electrons. The molecule has 1 unspecified atom stereocenters. The zero-order chi connectivity index (χ0) is 25.4. The topological polar surface area (TPSA) is 69.9 Å². The van der Waals surface area contributed by atoms with Gasteiger partial charge in [0.2, 0.25) is 0 Å². The van der Waals surface area contributed by atoms with Gasteiger partial charge in [-0.15, -0.1) is 0 Å². The van der Waals surface area contributed by atoms with Crippen LogP contribution in [0.4, 0.5) is 0 Å². The van der Waals surface area contributed by atoms with Crippen LogP contribution in [0.3, 0.4) is 0 Å². The summed E-state index contributed by atoms with van der Waals surface area (Å²) < 4.78 is 6.32. The number of aliphatic hydroxyl groups excluding tert-OH is 1. The van der Waals surface area contributed by atoms with Gasteiger partial charge in [0.1, 0.15) is 5.60 Å². The van der Waals surface area contributed by atoms with E-state index < -0.39 is 19.5 Å². The van der Waals surface area contributed by atoms with E-state index in [9.17, 15) is 15.3 Å². The molecular formula is C30H48O4Si. The molecule has 3 N–H and O–H groups in total. The van der Waals surface area contributed by atoms with Crippen molar-refractivity contribution in [2.45, 2.75) is 115 Å². The van der Waals surface area contributed by atoms with Gasteiger partial charge in [-0.1, -0.05) is 46.5 Å². The maximum absolute atomic E-state index is 12.2. The Morgan fingerprint density at radius 2 is 1.60 bits per heavy atom. The third kappa shape index (κ3) is 3.07. The van der Waals surface area contributed by atoms with Crippen molar-refractivity contribution in [1.82, 2.24) is 0 Å². The van der Waals surface area contributed by atoms with E-state index >= 15 is 0 Å². The van der Waals surface area contributed by atoms with E-state index in [1.807, 2.05) is 0 Å². The van der Waals surface area contributed by atoms with Gasteiger partial charge in [0.25, 0.3) is 0 Å². The van der Waals surface area contributed by atoms with Gasteiger partial charge < -0.3 is 19.7 Å². The summed E-state index contributed by atoms with van der Waals surface area (Å²) in [6, 6.07) is 0. The van der Waals surface area contributed by atoms with Gasteiger partial charge in [0, 0.05) is 17.8 Å². The molecule has 0 amide bonds. The van der Waals surface area contributed by atoms with Gasteiger partial charge >= 0.3 is 0 Å². The Labute approximate surface area is 213 Å². The first-order chi connectivity index (χ1) is 16.1. The molecule has 35 heavy (non-hydrogen) atoms. The monoisotopic (exact) mass is 500 g/mol. The van der Waals surface area contributed by atoms with Crippen molar-refractivity contribution in [3.63, 3.8) is 0 Å². The molecule has 4 nitrogen and oxygen atoms in total. The quantitative estimate of drug-likeness (QED) is 0.370. The van der Waals surface area contributed by atoms with Gasteiger partial charge in [-0.05, 0) is 97.6 Å². The number of hydrogen-bond acceptors (Lipinski definition) is 4. The number of fused-ring (bicyclic) bond motifs is 10. The first-order valence-corrected chi connectivity index (χ1v) is 17.3. The number of hydrogen-bond donors (Lipinski definition) is 3. The summed E-state index contributed by atoms with van der Waals surface area (Å²) in [5.41, 5.74) is -1.89. The average molecular weight is 501 g/mol. The fourth-order valence-electron chi connectivity index (χ4n) is 10.0. The first-order valence-electron chi connectivity index (χ1n) is 14.4. The highest BCUT2D eigenvalue weighted by molar-refractivity contribution is 6.74.